The summed E-state index contributed by atoms with van der Waals surface area (Å²) in [7, 11) is -0.102. The van der Waals surface area contributed by atoms with Crippen molar-refractivity contribution in [1.82, 2.24) is 9.78 Å². The van der Waals surface area contributed by atoms with Gasteiger partial charge in [0.15, 0.2) is 0 Å². The van der Waals surface area contributed by atoms with Gasteiger partial charge in [-0.25, -0.2) is 0 Å². The number of nitrogens with zero attached hydrogens (tertiary/aromatic N) is 2. The number of nitrogens with one attached hydrogen (secondary N) is 1. The zero-order chi connectivity index (χ0) is 17.8. The largest absolute Gasteiger partial charge is 0.544 e. The van der Waals surface area contributed by atoms with Gasteiger partial charge in [-0.1, -0.05) is 20.8 Å². The fourth-order valence-electron chi connectivity index (χ4n) is 1.96. The van der Waals surface area contributed by atoms with Gasteiger partial charge in [0.05, 0.1) is 25.0 Å². The van der Waals surface area contributed by atoms with Gasteiger partial charge in [0.2, 0.25) is 8.32 Å². The Hall–Kier alpha value is -1.79. The molecule has 0 saturated carbocycles. The minimum atomic E-state index is -1.79. The lowest BCUT2D eigenvalue weighted by Crippen LogP contribution is -2.43. The Kier molecular flexibility index (Phi) is 5.72. The topological polar surface area (TPSA) is 48.3 Å². The Morgan fingerprint density at radius 2 is 1.79 bits per heavy atom. The van der Waals surface area contributed by atoms with E-state index in [1.807, 2.05) is 41.3 Å². The summed E-state index contributed by atoms with van der Waals surface area (Å²) in [4.78, 5) is 0. The predicted octanol–water partition coefficient (Wildman–Crippen LogP) is 4.66. The highest BCUT2D eigenvalue weighted by Crippen LogP contribution is 2.37. The van der Waals surface area contributed by atoms with Crippen LogP contribution < -0.4 is 9.74 Å². The highest BCUT2D eigenvalue weighted by Gasteiger charge is 2.38. The lowest BCUT2D eigenvalue weighted by molar-refractivity contribution is 0.183. The Labute approximate surface area is 146 Å². The van der Waals surface area contributed by atoms with Gasteiger partial charge in [-0.3, -0.25) is 4.68 Å². The monoisotopic (exact) mass is 347 g/mol. The third kappa shape index (κ3) is 4.85. The van der Waals surface area contributed by atoms with E-state index >= 15 is 0 Å². The van der Waals surface area contributed by atoms with Crippen molar-refractivity contribution in [3.8, 4) is 5.75 Å². The van der Waals surface area contributed by atoms with Gasteiger partial charge in [-0.15, -0.1) is 0 Å². The first-order valence-electron chi connectivity index (χ1n) is 8.29. The summed E-state index contributed by atoms with van der Waals surface area (Å²) in [5, 5.41) is 7.85. The first-order chi connectivity index (χ1) is 11.2. The van der Waals surface area contributed by atoms with Crippen LogP contribution in [-0.4, -0.2) is 31.8 Å². The molecule has 1 aromatic heterocycles. The van der Waals surface area contributed by atoms with Crippen LogP contribution in [0.2, 0.25) is 18.1 Å². The van der Waals surface area contributed by atoms with E-state index < -0.39 is 8.32 Å². The maximum atomic E-state index is 6.30. The van der Waals surface area contributed by atoms with Crippen LogP contribution in [0.4, 0.5) is 11.4 Å². The second-order valence-corrected chi connectivity index (χ2v) is 12.2. The summed E-state index contributed by atoms with van der Waals surface area (Å²) in [6, 6.07) is 8.13. The van der Waals surface area contributed by atoms with Crippen molar-refractivity contribution in [1.29, 1.82) is 0 Å². The summed E-state index contributed by atoms with van der Waals surface area (Å²) in [6.07, 6.45) is 3.79. The van der Waals surface area contributed by atoms with Crippen LogP contribution in [0, 0.1) is 0 Å². The fraction of sp³-hybridized carbons (Fsp3) is 0.500. The molecular weight excluding hydrogens is 318 g/mol. The SMILES string of the molecule is COCCn1cc(Nc2ccc(O[Si](C)(C)C(C)(C)C)cc2)cn1. The van der Waals surface area contributed by atoms with Crippen LogP contribution in [0.1, 0.15) is 20.8 Å². The van der Waals surface area contributed by atoms with Crippen LogP contribution in [0.15, 0.2) is 36.7 Å². The highest BCUT2D eigenvalue weighted by atomic mass is 28.4. The minimum Gasteiger partial charge on any atom is -0.544 e. The lowest BCUT2D eigenvalue weighted by atomic mass is 10.2. The standard InChI is InChI=1S/C18H29N3O2Si/c1-18(2,3)24(5,6)23-17-9-7-15(8-10-17)20-16-13-19-21(14-16)11-12-22-4/h7-10,13-14,20H,11-12H2,1-6H3. The maximum Gasteiger partial charge on any atom is 0.250 e. The molecule has 24 heavy (non-hydrogen) atoms. The number of anilines is 2. The van der Waals surface area contributed by atoms with E-state index in [0.29, 0.717) is 6.61 Å². The summed E-state index contributed by atoms with van der Waals surface area (Å²) in [5.41, 5.74) is 1.98. The molecule has 132 valence electrons. The Morgan fingerprint density at radius 1 is 1.12 bits per heavy atom. The third-order valence-electron chi connectivity index (χ3n) is 4.48. The molecular formula is C18H29N3O2Si. The van der Waals surface area contributed by atoms with E-state index in [9.17, 15) is 0 Å². The van der Waals surface area contributed by atoms with Gasteiger partial charge in [0, 0.05) is 19.0 Å². The molecule has 0 spiro atoms. The smallest absolute Gasteiger partial charge is 0.250 e. The molecule has 0 aliphatic carbocycles. The molecule has 0 unspecified atom stereocenters. The quantitative estimate of drug-likeness (QED) is 0.740. The summed E-state index contributed by atoms with van der Waals surface area (Å²) in [5.74, 6) is 0.933. The van der Waals surface area contributed by atoms with E-state index in [2.05, 4.69) is 44.3 Å². The molecule has 2 aromatic rings. The van der Waals surface area contributed by atoms with Crippen molar-refractivity contribution in [2.75, 3.05) is 19.0 Å². The molecule has 5 nitrogen and oxygen atoms in total. The Balaban J connectivity index is 1.98. The number of rotatable bonds is 7. The molecule has 6 heteroatoms. The molecule has 0 fully saturated rings. The number of benzene rings is 1. The van der Waals surface area contributed by atoms with Crippen LogP contribution in [0.25, 0.3) is 0 Å². The van der Waals surface area contributed by atoms with Crippen molar-refractivity contribution in [2.24, 2.45) is 0 Å². The third-order valence-corrected chi connectivity index (χ3v) is 8.84. The zero-order valence-corrected chi connectivity index (χ0v) is 16.6. The second-order valence-electron chi connectivity index (χ2n) is 7.50. The summed E-state index contributed by atoms with van der Waals surface area (Å²) >= 11 is 0. The molecule has 0 amide bonds. The molecule has 0 aliphatic rings. The molecule has 2 rings (SSSR count). The Bertz CT molecular complexity index is 645. The number of methoxy groups -OCH3 is 1. The average Bonchev–Trinajstić information content (AvgIpc) is 2.93. The summed E-state index contributed by atoms with van der Waals surface area (Å²) < 4.78 is 13.2. The predicted molar refractivity (Wildman–Crippen MR) is 102 cm³/mol. The number of aromatic nitrogens is 2. The molecule has 1 aromatic carbocycles. The molecule has 0 radical (unpaired) electrons. The highest BCUT2D eigenvalue weighted by molar-refractivity contribution is 6.74. The molecule has 1 N–H and O–H groups in total. The van der Waals surface area contributed by atoms with Gasteiger partial charge in [-0.2, -0.15) is 5.10 Å². The average molecular weight is 348 g/mol. The van der Waals surface area contributed by atoms with Gasteiger partial charge < -0.3 is 14.5 Å². The second kappa shape index (κ2) is 7.40. The Morgan fingerprint density at radius 3 is 2.38 bits per heavy atom. The van der Waals surface area contributed by atoms with Gasteiger partial charge in [0.25, 0.3) is 0 Å². The number of hydrogen-bond acceptors (Lipinski definition) is 4. The van der Waals surface area contributed by atoms with Crippen LogP contribution >= 0.6 is 0 Å². The van der Waals surface area contributed by atoms with E-state index in [1.54, 1.807) is 7.11 Å². The van der Waals surface area contributed by atoms with Crippen LogP contribution in [0.3, 0.4) is 0 Å². The normalized spacial score (nSPS) is 12.2. The molecule has 1 heterocycles. The maximum absolute atomic E-state index is 6.30. The number of hydrogen-bond donors (Lipinski definition) is 1. The van der Waals surface area contributed by atoms with E-state index in [-0.39, 0.29) is 5.04 Å². The van der Waals surface area contributed by atoms with Crippen molar-refractivity contribution >= 4 is 19.7 Å². The van der Waals surface area contributed by atoms with Crippen molar-refractivity contribution < 1.29 is 9.16 Å². The molecule has 0 aliphatic heterocycles. The first kappa shape index (κ1) is 18.5. The van der Waals surface area contributed by atoms with Gasteiger partial charge in [0.1, 0.15) is 5.75 Å². The molecule has 0 saturated heterocycles. The molecule has 0 bridgehead atoms. The first-order valence-corrected chi connectivity index (χ1v) is 11.2. The number of ether oxygens (including phenoxy) is 1. The zero-order valence-electron chi connectivity index (χ0n) is 15.6. The van der Waals surface area contributed by atoms with Crippen molar-refractivity contribution in [2.45, 2.75) is 45.4 Å². The lowest BCUT2D eigenvalue weighted by Gasteiger charge is -2.36. The van der Waals surface area contributed by atoms with Crippen molar-refractivity contribution in [3.63, 3.8) is 0 Å². The molecule has 0 atom stereocenters. The van der Waals surface area contributed by atoms with Gasteiger partial charge >= 0.3 is 0 Å². The van der Waals surface area contributed by atoms with E-state index in [1.165, 1.54) is 0 Å². The van der Waals surface area contributed by atoms with E-state index in [0.717, 1.165) is 23.7 Å². The minimum absolute atomic E-state index is 0.195. The van der Waals surface area contributed by atoms with Crippen molar-refractivity contribution in [3.05, 3.63) is 36.7 Å². The van der Waals surface area contributed by atoms with Crippen LogP contribution in [-0.2, 0) is 11.3 Å². The van der Waals surface area contributed by atoms with Gasteiger partial charge in [-0.05, 0) is 42.4 Å². The fourth-order valence-corrected chi connectivity index (χ4v) is 2.99. The van der Waals surface area contributed by atoms with Crippen LogP contribution in [0.5, 0.6) is 5.75 Å². The summed E-state index contributed by atoms with van der Waals surface area (Å²) in [6.45, 7) is 12.7. The van der Waals surface area contributed by atoms with E-state index in [4.69, 9.17) is 9.16 Å².